The lowest BCUT2D eigenvalue weighted by Gasteiger charge is -2.24. The van der Waals surface area contributed by atoms with E-state index in [0.717, 1.165) is 31.4 Å². The van der Waals surface area contributed by atoms with Crippen LogP contribution in [0.25, 0.3) is 0 Å². The molecule has 16 heavy (non-hydrogen) atoms. The number of methoxy groups -OCH3 is 1. The van der Waals surface area contributed by atoms with E-state index in [1.54, 1.807) is 13.4 Å². The van der Waals surface area contributed by atoms with Crippen molar-refractivity contribution < 1.29 is 14.3 Å². The molecule has 0 aliphatic carbocycles. The fourth-order valence-electron chi connectivity index (χ4n) is 1.52. The Balaban J connectivity index is 2.18. The summed E-state index contributed by atoms with van der Waals surface area (Å²) in [7, 11) is 1.70. The number of ether oxygens (including phenoxy) is 1. The number of hydrogen-bond acceptors (Lipinski definition) is 3. The number of aryl methyl sites for hydroxylation is 1. The molecule has 0 fully saturated rings. The van der Waals surface area contributed by atoms with Crippen molar-refractivity contribution >= 4 is 0 Å². The summed E-state index contributed by atoms with van der Waals surface area (Å²) in [4.78, 5) is 0. The van der Waals surface area contributed by atoms with Gasteiger partial charge in [0.05, 0.1) is 18.0 Å². The van der Waals surface area contributed by atoms with Crippen molar-refractivity contribution in [2.75, 3.05) is 7.11 Å². The van der Waals surface area contributed by atoms with Crippen LogP contribution in [0.2, 0.25) is 0 Å². The van der Waals surface area contributed by atoms with Gasteiger partial charge in [0.25, 0.3) is 0 Å². The number of rotatable bonds is 7. The van der Waals surface area contributed by atoms with E-state index < -0.39 is 0 Å². The Morgan fingerprint density at radius 3 is 2.75 bits per heavy atom. The molecule has 0 radical (unpaired) electrons. The lowest BCUT2D eigenvalue weighted by Crippen LogP contribution is -2.24. The quantitative estimate of drug-likeness (QED) is 0.777. The van der Waals surface area contributed by atoms with Gasteiger partial charge in [0, 0.05) is 13.5 Å². The van der Waals surface area contributed by atoms with E-state index in [-0.39, 0.29) is 11.7 Å². The number of aliphatic hydroxyl groups excluding tert-OH is 1. The van der Waals surface area contributed by atoms with Crippen LogP contribution in [0.4, 0.5) is 0 Å². The molecule has 0 saturated carbocycles. The molecule has 1 N–H and O–H groups in total. The van der Waals surface area contributed by atoms with Crippen molar-refractivity contribution in [2.45, 2.75) is 51.2 Å². The van der Waals surface area contributed by atoms with Crippen LogP contribution >= 0.6 is 0 Å². The van der Waals surface area contributed by atoms with Gasteiger partial charge in [-0.05, 0) is 45.2 Å². The van der Waals surface area contributed by atoms with Gasteiger partial charge in [-0.25, -0.2) is 0 Å². The average molecular weight is 226 g/mol. The molecule has 1 heterocycles. The predicted molar refractivity (Wildman–Crippen MR) is 63.4 cm³/mol. The summed E-state index contributed by atoms with van der Waals surface area (Å²) in [5.74, 6) is 0.935. The Morgan fingerprint density at radius 1 is 1.44 bits per heavy atom. The van der Waals surface area contributed by atoms with Crippen LogP contribution in [0.15, 0.2) is 22.8 Å². The Kier molecular flexibility index (Phi) is 5.03. The summed E-state index contributed by atoms with van der Waals surface area (Å²) in [6.07, 6.45) is 4.55. The molecule has 0 bridgehead atoms. The van der Waals surface area contributed by atoms with Crippen molar-refractivity contribution in [3.63, 3.8) is 0 Å². The van der Waals surface area contributed by atoms with Gasteiger partial charge in [-0.2, -0.15) is 0 Å². The molecule has 0 aromatic carbocycles. The van der Waals surface area contributed by atoms with Crippen molar-refractivity contribution in [1.82, 2.24) is 0 Å². The van der Waals surface area contributed by atoms with Gasteiger partial charge in [-0.3, -0.25) is 0 Å². The fourth-order valence-corrected chi connectivity index (χ4v) is 1.52. The summed E-state index contributed by atoms with van der Waals surface area (Å²) in [5.41, 5.74) is -0.147. The van der Waals surface area contributed by atoms with Crippen LogP contribution in [-0.4, -0.2) is 23.9 Å². The molecule has 92 valence electrons. The number of furan rings is 1. The maximum absolute atomic E-state index is 9.81. The van der Waals surface area contributed by atoms with Gasteiger partial charge in [-0.1, -0.05) is 0 Å². The molecule has 1 unspecified atom stereocenters. The highest BCUT2D eigenvalue weighted by molar-refractivity contribution is 4.98. The smallest absolute Gasteiger partial charge is 0.103 e. The molecule has 1 aromatic heterocycles. The molecule has 0 saturated heterocycles. The highest BCUT2D eigenvalue weighted by Gasteiger charge is 2.18. The molecular formula is C13H22O3. The third-order valence-electron chi connectivity index (χ3n) is 2.94. The first-order chi connectivity index (χ1) is 7.53. The van der Waals surface area contributed by atoms with E-state index in [9.17, 15) is 5.11 Å². The molecule has 3 heteroatoms. The molecule has 1 rings (SSSR count). The van der Waals surface area contributed by atoms with Gasteiger partial charge in [0.15, 0.2) is 0 Å². The van der Waals surface area contributed by atoms with Crippen LogP contribution in [0, 0.1) is 0 Å². The van der Waals surface area contributed by atoms with E-state index in [0.29, 0.717) is 0 Å². The predicted octanol–water partition coefficient (Wildman–Crippen LogP) is 2.78. The largest absolute Gasteiger partial charge is 0.469 e. The molecule has 1 atom stereocenters. The minimum absolute atomic E-state index is 0.147. The second-order valence-corrected chi connectivity index (χ2v) is 4.77. The third kappa shape index (κ3) is 4.81. The molecular weight excluding hydrogens is 204 g/mol. The molecule has 0 aliphatic rings. The van der Waals surface area contributed by atoms with Crippen LogP contribution in [-0.2, 0) is 11.2 Å². The zero-order chi connectivity index (χ0) is 12.0. The van der Waals surface area contributed by atoms with E-state index in [1.165, 1.54) is 0 Å². The van der Waals surface area contributed by atoms with Crippen molar-refractivity contribution in [3.05, 3.63) is 24.2 Å². The fraction of sp³-hybridized carbons (Fsp3) is 0.692. The summed E-state index contributed by atoms with van der Waals surface area (Å²) in [6, 6.07) is 3.81. The minimum atomic E-state index is -0.278. The zero-order valence-corrected chi connectivity index (χ0v) is 10.4. The average Bonchev–Trinajstić information content (AvgIpc) is 2.76. The standard InChI is InChI=1S/C13H22O3/c1-13(2,15-3)9-8-11(14)6-7-12-5-4-10-16-12/h4-5,10-11,14H,6-9H2,1-3H3. The van der Waals surface area contributed by atoms with Crippen LogP contribution in [0.1, 0.15) is 38.9 Å². The highest BCUT2D eigenvalue weighted by atomic mass is 16.5. The molecule has 0 aliphatic heterocycles. The van der Waals surface area contributed by atoms with Crippen molar-refractivity contribution in [1.29, 1.82) is 0 Å². The first kappa shape index (κ1) is 13.3. The van der Waals surface area contributed by atoms with E-state index in [4.69, 9.17) is 9.15 Å². The summed E-state index contributed by atoms with van der Waals surface area (Å²) in [6.45, 7) is 4.07. The first-order valence-electron chi connectivity index (χ1n) is 5.79. The second kappa shape index (κ2) is 6.06. The molecule has 1 aromatic rings. The Morgan fingerprint density at radius 2 is 2.19 bits per heavy atom. The lowest BCUT2D eigenvalue weighted by molar-refractivity contribution is 0.00221. The van der Waals surface area contributed by atoms with Gasteiger partial charge >= 0.3 is 0 Å². The van der Waals surface area contributed by atoms with Crippen molar-refractivity contribution in [2.24, 2.45) is 0 Å². The van der Waals surface area contributed by atoms with Gasteiger partial charge in [0.1, 0.15) is 5.76 Å². The Bertz CT molecular complexity index is 277. The van der Waals surface area contributed by atoms with Gasteiger partial charge < -0.3 is 14.3 Å². The van der Waals surface area contributed by atoms with E-state index in [2.05, 4.69) is 0 Å². The summed E-state index contributed by atoms with van der Waals surface area (Å²) in [5, 5.41) is 9.81. The maximum atomic E-state index is 9.81. The highest BCUT2D eigenvalue weighted by Crippen LogP contribution is 2.18. The summed E-state index contributed by atoms with van der Waals surface area (Å²) < 4.78 is 10.5. The van der Waals surface area contributed by atoms with E-state index >= 15 is 0 Å². The molecule has 0 amide bonds. The summed E-state index contributed by atoms with van der Waals surface area (Å²) >= 11 is 0. The Hall–Kier alpha value is -0.800. The normalized spacial score (nSPS) is 14.0. The monoisotopic (exact) mass is 226 g/mol. The third-order valence-corrected chi connectivity index (χ3v) is 2.94. The van der Waals surface area contributed by atoms with Gasteiger partial charge in [-0.15, -0.1) is 0 Å². The second-order valence-electron chi connectivity index (χ2n) is 4.77. The van der Waals surface area contributed by atoms with Crippen LogP contribution < -0.4 is 0 Å². The number of hydrogen-bond donors (Lipinski definition) is 1. The van der Waals surface area contributed by atoms with Crippen LogP contribution in [0.5, 0.6) is 0 Å². The SMILES string of the molecule is COC(C)(C)CCC(O)CCc1ccco1. The van der Waals surface area contributed by atoms with E-state index in [1.807, 2.05) is 26.0 Å². The topological polar surface area (TPSA) is 42.6 Å². The van der Waals surface area contributed by atoms with Gasteiger partial charge in [0.2, 0.25) is 0 Å². The lowest BCUT2D eigenvalue weighted by atomic mass is 9.98. The first-order valence-corrected chi connectivity index (χ1v) is 5.79. The van der Waals surface area contributed by atoms with Crippen molar-refractivity contribution in [3.8, 4) is 0 Å². The molecule has 3 nitrogen and oxygen atoms in total. The minimum Gasteiger partial charge on any atom is -0.469 e. The Labute approximate surface area is 97.4 Å². The van der Waals surface area contributed by atoms with Crippen LogP contribution in [0.3, 0.4) is 0 Å². The maximum Gasteiger partial charge on any atom is 0.103 e. The number of aliphatic hydroxyl groups is 1. The zero-order valence-electron chi connectivity index (χ0n) is 10.4. The molecule has 0 spiro atoms.